The number of hydrogen-bond donors (Lipinski definition) is 3. The standard InChI is InChI=1S/C14H14N2O6/c15-10(14(19)20)6-9-12(8-4-2-1-3-5-8)22-16-13(9)21-7-11(17)18/h1-5,10H,6-7,15H2,(H,17,18)(H,19,20). The molecule has 0 radical (unpaired) electrons. The lowest BCUT2D eigenvalue weighted by molar-refractivity contribution is -0.140. The summed E-state index contributed by atoms with van der Waals surface area (Å²) >= 11 is 0. The number of hydrogen-bond acceptors (Lipinski definition) is 6. The minimum atomic E-state index is -1.19. The average molecular weight is 306 g/mol. The van der Waals surface area contributed by atoms with E-state index in [2.05, 4.69) is 5.16 Å². The number of rotatable bonds is 7. The van der Waals surface area contributed by atoms with Crippen LogP contribution in [-0.2, 0) is 16.0 Å². The molecule has 0 spiro atoms. The number of aliphatic carboxylic acids is 2. The molecule has 2 aromatic rings. The molecule has 0 aliphatic rings. The highest BCUT2D eigenvalue weighted by atomic mass is 16.5. The first-order chi connectivity index (χ1) is 10.5. The minimum absolute atomic E-state index is 0.0713. The molecule has 8 heteroatoms. The van der Waals surface area contributed by atoms with E-state index in [-0.39, 0.29) is 12.3 Å². The molecule has 2 rings (SSSR count). The SMILES string of the molecule is NC(Cc1c(OCC(=O)O)noc1-c1ccccc1)C(=O)O. The second-order valence-electron chi connectivity index (χ2n) is 4.49. The predicted octanol–water partition coefficient (Wildman–Crippen LogP) is 0.759. The van der Waals surface area contributed by atoms with Crippen LogP contribution in [0, 0.1) is 0 Å². The average Bonchev–Trinajstić information content (AvgIpc) is 2.88. The number of benzene rings is 1. The van der Waals surface area contributed by atoms with Crippen LogP contribution in [-0.4, -0.2) is 40.0 Å². The molecule has 0 aliphatic carbocycles. The molecule has 8 nitrogen and oxygen atoms in total. The lowest BCUT2D eigenvalue weighted by atomic mass is 10.0. The highest BCUT2D eigenvalue weighted by Gasteiger charge is 2.24. The van der Waals surface area contributed by atoms with Gasteiger partial charge in [0.2, 0.25) is 0 Å². The van der Waals surface area contributed by atoms with Gasteiger partial charge in [-0.25, -0.2) is 4.79 Å². The van der Waals surface area contributed by atoms with Crippen LogP contribution in [0.1, 0.15) is 5.56 Å². The molecule has 0 bridgehead atoms. The third-order valence-corrected chi connectivity index (χ3v) is 2.86. The summed E-state index contributed by atoms with van der Waals surface area (Å²) in [6.07, 6.45) is -0.0992. The van der Waals surface area contributed by atoms with Crippen molar-refractivity contribution in [2.24, 2.45) is 5.73 Å². The smallest absolute Gasteiger partial charge is 0.341 e. The fourth-order valence-electron chi connectivity index (χ4n) is 1.84. The van der Waals surface area contributed by atoms with Crippen molar-refractivity contribution in [2.75, 3.05) is 6.61 Å². The Morgan fingerprint density at radius 2 is 1.95 bits per heavy atom. The zero-order valence-electron chi connectivity index (χ0n) is 11.4. The summed E-state index contributed by atoms with van der Waals surface area (Å²) in [5.74, 6) is -2.14. The maximum absolute atomic E-state index is 10.9. The Balaban J connectivity index is 2.36. The summed E-state index contributed by atoms with van der Waals surface area (Å²) in [4.78, 5) is 21.5. The number of ether oxygens (including phenoxy) is 1. The van der Waals surface area contributed by atoms with Gasteiger partial charge in [-0.2, -0.15) is 0 Å². The molecule has 0 aliphatic heterocycles. The van der Waals surface area contributed by atoms with Gasteiger partial charge < -0.3 is 25.2 Å². The molecule has 1 aromatic heterocycles. The molecule has 4 N–H and O–H groups in total. The predicted molar refractivity (Wildman–Crippen MR) is 74.4 cm³/mol. The molecule has 1 heterocycles. The van der Waals surface area contributed by atoms with Crippen molar-refractivity contribution in [3.8, 4) is 17.2 Å². The largest absolute Gasteiger partial charge is 0.480 e. The van der Waals surface area contributed by atoms with Gasteiger partial charge in [-0.05, 0) is 5.16 Å². The lowest BCUT2D eigenvalue weighted by Gasteiger charge is -2.08. The van der Waals surface area contributed by atoms with Crippen LogP contribution in [0.2, 0.25) is 0 Å². The van der Waals surface area contributed by atoms with Crippen molar-refractivity contribution < 1.29 is 29.1 Å². The molecule has 0 amide bonds. The van der Waals surface area contributed by atoms with Crippen LogP contribution in [0.5, 0.6) is 5.88 Å². The van der Waals surface area contributed by atoms with Crippen LogP contribution < -0.4 is 10.5 Å². The van der Waals surface area contributed by atoms with Crippen molar-refractivity contribution >= 4 is 11.9 Å². The van der Waals surface area contributed by atoms with Gasteiger partial charge in [0.1, 0.15) is 6.04 Å². The van der Waals surface area contributed by atoms with Crippen LogP contribution in [0.25, 0.3) is 11.3 Å². The number of nitrogens with zero attached hydrogens (tertiary/aromatic N) is 1. The lowest BCUT2D eigenvalue weighted by Crippen LogP contribution is -2.32. The molecular weight excluding hydrogens is 292 g/mol. The van der Waals surface area contributed by atoms with Crippen molar-refractivity contribution in [2.45, 2.75) is 12.5 Å². The summed E-state index contributed by atoms with van der Waals surface area (Å²) in [7, 11) is 0. The van der Waals surface area contributed by atoms with Gasteiger partial charge >= 0.3 is 11.9 Å². The van der Waals surface area contributed by atoms with E-state index in [1.165, 1.54) is 0 Å². The first-order valence-electron chi connectivity index (χ1n) is 6.36. The third kappa shape index (κ3) is 3.61. The van der Waals surface area contributed by atoms with Gasteiger partial charge in [0.25, 0.3) is 5.88 Å². The van der Waals surface area contributed by atoms with E-state index in [1.54, 1.807) is 24.3 Å². The maximum Gasteiger partial charge on any atom is 0.341 e. The maximum atomic E-state index is 10.9. The van der Waals surface area contributed by atoms with Crippen LogP contribution in [0.15, 0.2) is 34.9 Å². The Morgan fingerprint density at radius 3 is 2.55 bits per heavy atom. The van der Waals surface area contributed by atoms with E-state index < -0.39 is 24.6 Å². The highest BCUT2D eigenvalue weighted by Crippen LogP contribution is 2.31. The van der Waals surface area contributed by atoms with Crippen molar-refractivity contribution in [3.63, 3.8) is 0 Å². The van der Waals surface area contributed by atoms with Crippen LogP contribution >= 0.6 is 0 Å². The van der Waals surface area contributed by atoms with Gasteiger partial charge in [0.05, 0.1) is 5.56 Å². The summed E-state index contributed by atoms with van der Waals surface area (Å²) in [6.45, 7) is -0.615. The van der Waals surface area contributed by atoms with E-state index in [0.29, 0.717) is 16.9 Å². The Labute approximate surface area is 125 Å². The molecule has 0 saturated heterocycles. The number of nitrogens with two attached hydrogens (primary N) is 1. The second-order valence-corrected chi connectivity index (χ2v) is 4.49. The molecule has 1 atom stereocenters. The zero-order chi connectivity index (χ0) is 16.1. The number of carboxylic acid groups (broad SMARTS) is 2. The topological polar surface area (TPSA) is 136 Å². The van der Waals surface area contributed by atoms with Gasteiger partial charge in [0.15, 0.2) is 12.4 Å². The highest BCUT2D eigenvalue weighted by molar-refractivity contribution is 5.75. The van der Waals surface area contributed by atoms with E-state index in [9.17, 15) is 9.59 Å². The summed E-state index contributed by atoms with van der Waals surface area (Å²) < 4.78 is 10.2. The Morgan fingerprint density at radius 1 is 1.27 bits per heavy atom. The second kappa shape index (κ2) is 6.72. The van der Waals surface area contributed by atoms with Crippen molar-refractivity contribution in [1.82, 2.24) is 5.16 Å². The van der Waals surface area contributed by atoms with Gasteiger partial charge in [0, 0.05) is 12.0 Å². The number of carboxylic acids is 2. The van der Waals surface area contributed by atoms with Crippen molar-refractivity contribution in [1.29, 1.82) is 0 Å². The van der Waals surface area contributed by atoms with Gasteiger partial charge in [-0.3, -0.25) is 4.79 Å². The summed E-state index contributed by atoms with van der Waals surface area (Å²) in [5.41, 5.74) is 6.52. The van der Waals surface area contributed by atoms with E-state index in [0.717, 1.165) is 0 Å². The fourth-order valence-corrected chi connectivity index (χ4v) is 1.84. The summed E-state index contributed by atoms with van der Waals surface area (Å²) in [6, 6.07) is 7.67. The quantitative estimate of drug-likeness (QED) is 0.682. The molecule has 1 aromatic carbocycles. The van der Waals surface area contributed by atoms with Crippen LogP contribution in [0.4, 0.5) is 0 Å². The van der Waals surface area contributed by atoms with Gasteiger partial charge in [-0.15, -0.1) is 0 Å². The fraction of sp³-hybridized carbons (Fsp3) is 0.214. The molecule has 1 unspecified atom stereocenters. The summed E-state index contributed by atoms with van der Waals surface area (Å²) in [5, 5.41) is 21.3. The molecule has 0 saturated carbocycles. The molecule has 22 heavy (non-hydrogen) atoms. The molecule has 0 fully saturated rings. The Hall–Kier alpha value is -2.87. The number of aromatic nitrogens is 1. The monoisotopic (exact) mass is 306 g/mol. The molecular formula is C14H14N2O6. The third-order valence-electron chi connectivity index (χ3n) is 2.86. The molecule has 116 valence electrons. The first-order valence-corrected chi connectivity index (χ1v) is 6.36. The Kier molecular flexibility index (Phi) is 4.74. The minimum Gasteiger partial charge on any atom is -0.480 e. The normalized spacial score (nSPS) is 11.9. The van der Waals surface area contributed by atoms with Gasteiger partial charge in [-0.1, -0.05) is 30.3 Å². The van der Waals surface area contributed by atoms with E-state index in [4.69, 9.17) is 25.2 Å². The van der Waals surface area contributed by atoms with E-state index in [1.807, 2.05) is 6.07 Å². The number of carbonyl (C=O) groups is 2. The van der Waals surface area contributed by atoms with Crippen molar-refractivity contribution in [3.05, 3.63) is 35.9 Å². The van der Waals surface area contributed by atoms with Crippen LogP contribution in [0.3, 0.4) is 0 Å². The zero-order valence-corrected chi connectivity index (χ0v) is 11.4. The first kappa shape index (κ1) is 15.5. The Bertz CT molecular complexity index is 667. The van der Waals surface area contributed by atoms with E-state index >= 15 is 0 Å².